The summed E-state index contributed by atoms with van der Waals surface area (Å²) < 4.78 is 16.7. The van der Waals surface area contributed by atoms with Gasteiger partial charge in [-0.25, -0.2) is 0 Å². The van der Waals surface area contributed by atoms with Crippen LogP contribution in [0.2, 0.25) is 0 Å². The van der Waals surface area contributed by atoms with E-state index in [1.54, 1.807) is 0 Å². The van der Waals surface area contributed by atoms with E-state index in [1.165, 1.54) is 148 Å². The minimum atomic E-state index is -0.808. The quantitative estimate of drug-likeness (QED) is 0.0262. The third kappa shape index (κ3) is 51.7. The number of hydrogen-bond donors (Lipinski definition) is 0. The monoisotopic (exact) mass is 907 g/mol. The molecule has 0 saturated heterocycles. The molecule has 0 heterocycles. The molecule has 0 spiro atoms. The molecule has 0 bridgehead atoms. The third-order valence-electron chi connectivity index (χ3n) is 11.7. The molecule has 0 radical (unpaired) electrons. The molecule has 0 aliphatic rings. The Balaban J connectivity index is 4.13. The largest absolute Gasteiger partial charge is 0.462 e. The fourth-order valence-electron chi connectivity index (χ4n) is 7.60. The number of allylic oxidation sites excluding steroid dienone is 12. The smallest absolute Gasteiger partial charge is 0.306 e. The van der Waals surface area contributed by atoms with Crippen LogP contribution in [0.5, 0.6) is 0 Å². The van der Waals surface area contributed by atoms with E-state index in [1.807, 2.05) is 12.2 Å². The SMILES string of the molecule is CC/C=C\C/C=C\C/C=C\C/C=C\CCC(=O)OC(COC(=O)CCCCCCCCC)COC(=O)CCCCCCCCCCCCCCCCC/C=C\C/C=C\CCCCCCC. The standard InChI is InChI=1S/C59H102O6/c1-4-7-10-13-16-18-20-22-23-24-25-26-27-28-29-30-31-32-33-34-35-37-38-40-43-46-49-52-58(61)64-55-56(54-63-57(60)51-48-45-42-15-12-9-6-3)65-59(62)53-50-47-44-41-39-36-21-19-17-14-11-8-5-2/h8,11,17,19-20,22,24-25,36,39,44,47,56H,4-7,9-10,12-16,18,21,23,26-35,37-38,40-43,45-46,48-55H2,1-3H3/b11-8-,19-17-,22-20-,25-24-,39-36-,47-44-. The minimum absolute atomic E-state index is 0.102. The maximum absolute atomic E-state index is 12.7. The van der Waals surface area contributed by atoms with E-state index in [0.29, 0.717) is 19.3 Å². The number of esters is 3. The topological polar surface area (TPSA) is 78.9 Å². The zero-order valence-electron chi connectivity index (χ0n) is 42.7. The first-order chi connectivity index (χ1) is 32.0. The van der Waals surface area contributed by atoms with Crippen molar-refractivity contribution in [3.8, 4) is 0 Å². The average Bonchev–Trinajstić information content (AvgIpc) is 3.30. The first-order valence-corrected chi connectivity index (χ1v) is 27.4. The van der Waals surface area contributed by atoms with Gasteiger partial charge in [-0.05, 0) is 77.0 Å². The fraction of sp³-hybridized carbons (Fsp3) is 0.746. The molecular weight excluding hydrogens is 805 g/mol. The molecule has 0 aliphatic heterocycles. The molecule has 65 heavy (non-hydrogen) atoms. The number of ether oxygens (including phenoxy) is 3. The van der Waals surface area contributed by atoms with E-state index < -0.39 is 6.10 Å². The Hall–Kier alpha value is -3.15. The molecular formula is C59H102O6. The molecule has 0 fully saturated rings. The van der Waals surface area contributed by atoms with Gasteiger partial charge in [0, 0.05) is 19.3 Å². The van der Waals surface area contributed by atoms with Gasteiger partial charge in [-0.2, -0.15) is 0 Å². The van der Waals surface area contributed by atoms with Gasteiger partial charge >= 0.3 is 17.9 Å². The van der Waals surface area contributed by atoms with Crippen LogP contribution in [0.4, 0.5) is 0 Å². The van der Waals surface area contributed by atoms with Gasteiger partial charge in [-0.15, -0.1) is 0 Å². The van der Waals surface area contributed by atoms with Crippen LogP contribution in [-0.4, -0.2) is 37.2 Å². The molecule has 0 N–H and O–H groups in total. The summed E-state index contributed by atoms with van der Waals surface area (Å²) in [7, 11) is 0. The molecule has 0 saturated carbocycles. The van der Waals surface area contributed by atoms with Crippen LogP contribution in [-0.2, 0) is 28.6 Å². The number of unbranched alkanes of at least 4 members (excludes halogenated alkanes) is 26. The Morgan fingerprint density at radius 1 is 0.323 bits per heavy atom. The lowest BCUT2D eigenvalue weighted by Gasteiger charge is -2.18. The Morgan fingerprint density at radius 3 is 1.00 bits per heavy atom. The molecule has 0 aromatic rings. The van der Waals surface area contributed by atoms with Crippen LogP contribution in [0.25, 0.3) is 0 Å². The van der Waals surface area contributed by atoms with Gasteiger partial charge < -0.3 is 14.2 Å². The summed E-state index contributed by atoms with van der Waals surface area (Å²) in [5, 5.41) is 0. The highest BCUT2D eigenvalue weighted by molar-refractivity contribution is 5.71. The van der Waals surface area contributed by atoms with E-state index in [4.69, 9.17) is 14.2 Å². The molecule has 0 rings (SSSR count). The number of rotatable bonds is 49. The van der Waals surface area contributed by atoms with E-state index >= 15 is 0 Å². The fourth-order valence-corrected chi connectivity index (χ4v) is 7.60. The van der Waals surface area contributed by atoms with Crippen LogP contribution in [0, 0.1) is 0 Å². The number of carbonyl (C=O) groups excluding carboxylic acids is 3. The van der Waals surface area contributed by atoms with Crippen molar-refractivity contribution >= 4 is 17.9 Å². The average molecular weight is 907 g/mol. The van der Waals surface area contributed by atoms with E-state index in [0.717, 1.165) is 70.6 Å². The summed E-state index contributed by atoms with van der Waals surface area (Å²) in [6.45, 7) is 6.41. The predicted octanol–water partition coefficient (Wildman–Crippen LogP) is 18.2. The first kappa shape index (κ1) is 61.9. The molecule has 374 valence electrons. The van der Waals surface area contributed by atoms with Crippen LogP contribution in [0.1, 0.15) is 265 Å². The summed E-state index contributed by atoms with van der Waals surface area (Å²) in [5.41, 5.74) is 0. The lowest BCUT2D eigenvalue weighted by atomic mass is 10.0. The third-order valence-corrected chi connectivity index (χ3v) is 11.7. The molecule has 1 unspecified atom stereocenters. The normalized spacial score (nSPS) is 12.6. The minimum Gasteiger partial charge on any atom is -0.462 e. The lowest BCUT2D eigenvalue weighted by Crippen LogP contribution is -2.30. The van der Waals surface area contributed by atoms with Crippen LogP contribution >= 0.6 is 0 Å². The molecule has 0 aliphatic carbocycles. The molecule has 6 heteroatoms. The Bertz CT molecular complexity index is 1230. The van der Waals surface area contributed by atoms with Crippen molar-refractivity contribution in [1.29, 1.82) is 0 Å². The van der Waals surface area contributed by atoms with E-state index in [9.17, 15) is 14.4 Å². The van der Waals surface area contributed by atoms with Gasteiger partial charge in [0.05, 0.1) is 0 Å². The van der Waals surface area contributed by atoms with Gasteiger partial charge in [0.1, 0.15) is 13.2 Å². The molecule has 6 nitrogen and oxygen atoms in total. The van der Waals surface area contributed by atoms with Crippen LogP contribution in [0.15, 0.2) is 72.9 Å². The Labute approximate surface area is 402 Å². The van der Waals surface area contributed by atoms with Gasteiger partial charge in [0.25, 0.3) is 0 Å². The maximum atomic E-state index is 12.7. The van der Waals surface area contributed by atoms with Crippen molar-refractivity contribution in [3.05, 3.63) is 72.9 Å². The van der Waals surface area contributed by atoms with Gasteiger partial charge in [-0.3, -0.25) is 14.4 Å². The molecule has 1 atom stereocenters. The Kier molecular flexibility index (Phi) is 50.9. The highest BCUT2D eigenvalue weighted by atomic mass is 16.6. The molecule has 0 amide bonds. The highest BCUT2D eigenvalue weighted by Crippen LogP contribution is 2.15. The van der Waals surface area contributed by atoms with Crippen molar-refractivity contribution in [1.82, 2.24) is 0 Å². The predicted molar refractivity (Wildman–Crippen MR) is 279 cm³/mol. The number of carbonyl (C=O) groups is 3. The van der Waals surface area contributed by atoms with Crippen LogP contribution in [0.3, 0.4) is 0 Å². The summed E-state index contributed by atoms with van der Waals surface area (Å²) in [6.07, 6.45) is 68.0. The van der Waals surface area contributed by atoms with Crippen molar-refractivity contribution in [2.24, 2.45) is 0 Å². The van der Waals surface area contributed by atoms with Gasteiger partial charge in [0.15, 0.2) is 6.10 Å². The lowest BCUT2D eigenvalue weighted by molar-refractivity contribution is -0.166. The molecule has 0 aromatic heterocycles. The van der Waals surface area contributed by atoms with Crippen molar-refractivity contribution in [3.63, 3.8) is 0 Å². The zero-order chi connectivity index (χ0) is 47.2. The van der Waals surface area contributed by atoms with Gasteiger partial charge in [0.2, 0.25) is 0 Å². The second-order valence-electron chi connectivity index (χ2n) is 18.1. The van der Waals surface area contributed by atoms with Crippen molar-refractivity contribution < 1.29 is 28.6 Å². The van der Waals surface area contributed by atoms with Crippen LogP contribution < -0.4 is 0 Å². The Morgan fingerprint density at radius 2 is 0.631 bits per heavy atom. The number of hydrogen-bond acceptors (Lipinski definition) is 6. The summed E-state index contributed by atoms with van der Waals surface area (Å²) >= 11 is 0. The van der Waals surface area contributed by atoms with Crippen molar-refractivity contribution in [2.75, 3.05) is 13.2 Å². The first-order valence-electron chi connectivity index (χ1n) is 27.4. The highest BCUT2D eigenvalue weighted by Gasteiger charge is 2.19. The summed E-state index contributed by atoms with van der Waals surface area (Å²) in [5.74, 6) is -0.989. The summed E-state index contributed by atoms with van der Waals surface area (Å²) in [6, 6.07) is 0. The zero-order valence-corrected chi connectivity index (χ0v) is 42.7. The van der Waals surface area contributed by atoms with E-state index in [2.05, 4.69) is 81.5 Å². The summed E-state index contributed by atoms with van der Waals surface area (Å²) in [4.78, 5) is 37.8. The maximum Gasteiger partial charge on any atom is 0.306 e. The second kappa shape index (κ2) is 53.5. The second-order valence-corrected chi connectivity index (χ2v) is 18.1. The van der Waals surface area contributed by atoms with Crippen molar-refractivity contribution in [2.45, 2.75) is 271 Å². The molecule has 0 aromatic carbocycles. The van der Waals surface area contributed by atoms with E-state index in [-0.39, 0.29) is 37.5 Å². The van der Waals surface area contributed by atoms with Gasteiger partial charge in [-0.1, -0.05) is 241 Å².